The van der Waals surface area contributed by atoms with Crippen molar-refractivity contribution < 1.29 is 9.59 Å². The lowest BCUT2D eigenvalue weighted by Crippen LogP contribution is -2.54. The van der Waals surface area contributed by atoms with Gasteiger partial charge < -0.3 is 10.2 Å². The third-order valence-corrected chi connectivity index (χ3v) is 6.25. The number of benzene rings is 3. The maximum Gasteiger partial charge on any atom is 0.243 e. The predicted molar refractivity (Wildman–Crippen MR) is 146 cm³/mol. The second-order valence-electron chi connectivity index (χ2n) is 10.1. The quantitative estimate of drug-likeness (QED) is 0.353. The van der Waals surface area contributed by atoms with Gasteiger partial charge >= 0.3 is 0 Å². The molecule has 184 valence electrons. The lowest BCUT2D eigenvalue weighted by Gasteiger charge is -2.34. The number of halogens is 1. The van der Waals surface area contributed by atoms with Gasteiger partial charge in [-0.1, -0.05) is 88.2 Å². The van der Waals surface area contributed by atoms with E-state index in [0.717, 1.165) is 21.2 Å². The summed E-state index contributed by atoms with van der Waals surface area (Å²) in [6, 6.07) is 25.4. The van der Waals surface area contributed by atoms with Crippen molar-refractivity contribution in [2.75, 3.05) is 0 Å². The minimum atomic E-state index is -0.624. The highest BCUT2D eigenvalue weighted by Gasteiger charge is 2.32. The van der Waals surface area contributed by atoms with Crippen LogP contribution in [0.4, 0.5) is 0 Å². The van der Waals surface area contributed by atoms with E-state index in [4.69, 9.17) is 0 Å². The van der Waals surface area contributed by atoms with Gasteiger partial charge in [0.1, 0.15) is 6.04 Å². The third kappa shape index (κ3) is 8.66. The number of carbonyl (C=O) groups excluding carboxylic acids is 2. The van der Waals surface area contributed by atoms with Crippen molar-refractivity contribution in [2.24, 2.45) is 0 Å². The Bertz CT molecular complexity index is 1120. The van der Waals surface area contributed by atoms with E-state index in [2.05, 4.69) is 52.4 Å². The van der Waals surface area contributed by atoms with Crippen LogP contribution in [0.25, 0.3) is 0 Å². The van der Waals surface area contributed by atoms with Gasteiger partial charge in [-0.2, -0.15) is 0 Å². The molecule has 3 aromatic carbocycles. The fourth-order valence-electron chi connectivity index (χ4n) is 3.99. The van der Waals surface area contributed by atoms with Crippen molar-refractivity contribution in [1.29, 1.82) is 0 Å². The van der Waals surface area contributed by atoms with Gasteiger partial charge in [-0.05, 0) is 62.9 Å². The maximum atomic E-state index is 13.7. The Kier molecular flexibility index (Phi) is 9.27. The van der Waals surface area contributed by atoms with E-state index in [-0.39, 0.29) is 11.8 Å². The molecule has 0 aromatic heterocycles. The van der Waals surface area contributed by atoms with Crippen molar-refractivity contribution in [1.82, 2.24) is 10.2 Å². The Morgan fingerprint density at radius 2 is 1.54 bits per heavy atom. The summed E-state index contributed by atoms with van der Waals surface area (Å²) in [5, 5.41) is 3.11. The molecule has 1 N–H and O–H groups in total. The van der Waals surface area contributed by atoms with E-state index < -0.39 is 11.6 Å². The lowest BCUT2D eigenvalue weighted by molar-refractivity contribution is -0.141. The molecule has 0 aliphatic carbocycles. The van der Waals surface area contributed by atoms with Crippen LogP contribution in [0.3, 0.4) is 0 Å². The molecule has 1 atom stereocenters. The molecule has 0 saturated carbocycles. The number of nitrogens with zero attached hydrogens (tertiary/aromatic N) is 1. The summed E-state index contributed by atoms with van der Waals surface area (Å²) >= 11 is 3.53. The summed E-state index contributed by atoms with van der Waals surface area (Å²) in [6.07, 6.45) is 1.42. The molecule has 0 fully saturated rings. The molecule has 0 aliphatic heterocycles. The first-order chi connectivity index (χ1) is 16.6. The van der Waals surface area contributed by atoms with Crippen LogP contribution in [0, 0.1) is 6.92 Å². The predicted octanol–water partition coefficient (Wildman–Crippen LogP) is 6.24. The molecule has 35 heavy (non-hydrogen) atoms. The van der Waals surface area contributed by atoms with Gasteiger partial charge in [-0.3, -0.25) is 9.59 Å². The molecule has 0 aliphatic rings. The minimum absolute atomic E-state index is 0.0319. The largest absolute Gasteiger partial charge is 0.350 e. The number of carbonyl (C=O) groups is 2. The molecule has 1 unspecified atom stereocenters. The smallest absolute Gasteiger partial charge is 0.243 e. The first-order valence-electron chi connectivity index (χ1n) is 12.1. The van der Waals surface area contributed by atoms with E-state index >= 15 is 0 Å². The van der Waals surface area contributed by atoms with Crippen molar-refractivity contribution in [2.45, 2.75) is 65.1 Å². The number of hydrogen-bond donors (Lipinski definition) is 1. The molecule has 0 radical (unpaired) electrons. The number of rotatable bonds is 9. The van der Waals surface area contributed by atoms with Crippen molar-refractivity contribution >= 4 is 27.7 Å². The topological polar surface area (TPSA) is 49.4 Å². The van der Waals surface area contributed by atoms with Crippen LogP contribution >= 0.6 is 15.9 Å². The normalized spacial score (nSPS) is 12.1. The van der Waals surface area contributed by atoms with Gasteiger partial charge in [0, 0.05) is 29.4 Å². The SMILES string of the molecule is Cc1ccc(CCC(=O)N(Cc2cccc(Br)c2)C(Cc2ccccc2)C(=O)NC(C)(C)C)cc1. The van der Waals surface area contributed by atoms with Gasteiger partial charge in [-0.25, -0.2) is 0 Å². The van der Waals surface area contributed by atoms with E-state index in [1.807, 2.05) is 75.4 Å². The molecule has 0 heterocycles. The highest BCUT2D eigenvalue weighted by Crippen LogP contribution is 2.20. The molecule has 0 saturated heterocycles. The van der Waals surface area contributed by atoms with Crippen LogP contribution in [0.2, 0.25) is 0 Å². The summed E-state index contributed by atoms with van der Waals surface area (Å²) in [5.74, 6) is -0.171. The Morgan fingerprint density at radius 3 is 2.17 bits per heavy atom. The fraction of sp³-hybridized carbons (Fsp3) is 0.333. The Hall–Kier alpha value is -2.92. The van der Waals surface area contributed by atoms with Gasteiger partial charge in [-0.15, -0.1) is 0 Å². The Morgan fingerprint density at radius 1 is 0.886 bits per heavy atom. The van der Waals surface area contributed by atoms with Gasteiger partial charge in [0.25, 0.3) is 0 Å². The van der Waals surface area contributed by atoms with Crippen LogP contribution in [-0.4, -0.2) is 28.3 Å². The van der Waals surface area contributed by atoms with E-state index in [1.54, 1.807) is 4.90 Å². The van der Waals surface area contributed by atoms with Gasteiger partial charge in [0.2, 0.25) is 11.8 Å². The zero-order chi connectivity index (χ0) is 25.4. The number of hydrogen-bond acceptors (Lipinski definition) is 2. The summed E-state index contributed by atoms with van der Waals surface area (Å²) in [7, 11) is 0. The van der Waals surface area contributed by atoms with Crippen molar-refractivity contribution in [3.05, 3.63) is 106 Å². The standard InChI is InChI=1S/C30H35BrN2O2/c1-22-13-15-23(16-14-22)17-18-28(34)33(21-25-11-8-12-26(31)19-25)27(29(35)32-30(2,3)4)20-24-9-6-5-7-10-24/h5-16,19,27H,17-18,20-21H2,1-4H3,(H,32,35). The van der Waals surface area contributed by atoms with Crippen LogP contribution in [0.1, 0.15) is 49.4 Å². The summed E-state index contributed by atoms with van der Waals surface area (Å²) < 4.78 is 0.945. The summed E-state index contributed by atoms with van der Waals surface area (Å²) in [4.78, 5) is 29.0. The van der Waals surface area contributed by atoms with Crippen LogP contribution < -0.4 is 5.32 Å². The molecule has 3 aromatic rings. The van der Waals surface area contributed by atoms with Crippen LogP contribution in [0.5, 0.6) is 0 Å². The average Bonchev–Trinajstić information content (AvgIpc) is 2.80. The second-order valence-corrected chi connectivity index (χ2v) is 11.0. The Balaban J connectivity index is 1.92. The average molecular weight is 536 g/mol. The minimum Gasteiger partial charge on any atom is -0.350 e. The van der Waals surface area contributed by atoms with E-state index in [1.165, 1.54) is 5.56 Å². The Labute approximate surface area is 217 Å². The van der Waals surface area contributed by atoms with E-state index in [9.17, 15) is 9.59 Å². The van der Waals surface area contributed by atoms with Crippen LogP contribution in [0.15, 0.2) is 83.3 Å². The number of nitrogens with one attached hydrogen (secondary N) is 1. The molecule has 2 amide bonds. The zero-order valence-electron chi connectivity index (χ0n) is 21.1. The first-order valence-corrected chi connectivity index (χ1v) is 12.9. The molecular weight excluding hydrogens is 500 g/mol. The number of amides is 2. The molecule has 5 heteroatoms. The number of aryl methyl sites for hydroxylation is 2. The highest BCUT2D eigenvalue weighted by atomic mass is 79.9. The first kappa shape index (κ1) is 26.7. The fourth-order valence-corrected chi connectivity index (χ4v) is 4.44. The van der Waals surface area contributed by atoms with Gasteiger partial charge in [0.05, 0.1) is 0 Å². The monoisotopic (exact) mass is 534 g/mol. The molecule has 3 rings (SSSR count). The summed E-state index contributed by atoms with van der Waals surface area (Å²) in [5.41, 5.74) is 3.90. The molecular formula is C30H35BrN2O2. The van der Waals surface area contributed by atoms with Gasteiger partial charge in [0.15, 0.2) is 0 Å². The third-order valence-electron chi connectivity index (χ3n) is 5.76. The second kappa shape index (κ2) is 12.2. The maximum absolute atomic E-state index is 13.7. The summed E-state index contributed by atoms with van der Waals surface area (Å²) in [6.45, 7) is 8.30. The zero-order valence-corrected chi connectivity index (χ0v) is 22.6. The van der Waals surface area contributed by atoms with Crippen molar-refractivity contribution in [3.63, 3.8) is 0 Å². The molecule has 4 nitrogen and oxygen atoms in total. The van der Waals surface area contributed by atoms with E-state index in [0.29, 0.717) is 25.8 Å². The molecule has 0 bridgehead atoms. The highest BCUT2D eigenvalue weighted by molar-refractivity contribution is 9.10. The molecule has 0 spiro atoms. The lowest BCUT2D eigenvalue weighted by atomic mass is 9.99. The van der Waals surface area contributed by atoms with Crippen molar-refractivity contribution in [3.8, 4) is 0 Å². The van der Waals surface area contributed by atoms with Crippen LogP contribution in [-0.2, 0) is 29.0 Å².